The first-order valence-corrected chi connectivity index (χ1v) is 6.25. The van der Waals surface area contributed by atoms with Gasteiger partial charge in [0.1, 0.15) is 0 Å². The van der Waals surface area contributed by atoms with Crippen molar-refractivity contribution in [1.82, 2.24) is 14.9 Å². The highest BCUT2D eigenvalue weighted by Crippen LogP contribution is 2.27. The summed E-state index contributed by atoms with van der Waals surface area (Å²) in [5, 5.41) is 3.30. The third kappa shape index (κ3) is 1.85. The van der Waals surface area contributed by atoms with Crippen LogP contribution in [0.1, 0.15) is 13.3 Å². The fourth-order valence-electron chi connectivity index (χ4n) is 2.38. The van der Waals surface area contributed by atoms with Gasteiger partial charge >= 0.3 is 6.03 Å². The Labute approximate surface area is 110 Å². The molecular formula is C13H14N4O2. The van der Waals surface area contributed by atoms with Crippen molar-refractivity contribution in [1.29, 1.82) is 0 Å². The molecule has 0 atom stereocenters. The molecule has 1 N–H and O–H groups in total. The normalized spacial score (nSPS) is 15.9. The molecule has 19 heavy (non-hydrogen) atoms. The van der Waals surface area contributed by atoms with Crippen molar-refractivity contribution in [3.05, 3.63) is 24.7 Å². The number of fused-ring (bicyclic) bond motifs is 1. The summed E-state index contributed by atoms with van der Waals surface area (Å²) in [6.45, 7) is 3.29. The van der Waals surface area contributed by atoms with E-state index in [0.717, 1.165) is 23.1 Å². The number of rotatable bonds is 2. The lowest BCUT2D eigenvalue weighted by molar-refractivity contribution is -0.120. The minimum absolute atomic E-state index is 0.229. The number of carbonyl (C=O) groups is 2. The summed E-state index contributed by atoms with van der Waals surface area (Å²) in [6.07, 6.45) is 5.74. The van der Waals surface area contributed by atoms with Gasteiger partial charge in [0, 0.05) is 31.1 Å². The van der Waals surface area contributed by atoms with Crippen LogP contribution in [0.15, 0.2) is 24.7 Å². The summed E-state index contributed by atoms with van der Waals surface area (Å²) in [5.41, 5.74) is 1.74. The van der Waals surface area contributed by atoms with Gasteiger partial charge in [0.25, 0.3) is 0 Å². The number of nitrogens with one attached hydrogen (secondary N) is 1. The Morgan fingerprint density at radius 3 is 2.95 bits per heavy atom. The van der Waals surface area contributed by atoms with Crippen molar-refractivity contribution < 1.29 is 9.59 Å². The SMILES string of the molecule is CCn1ccc2c(N3CCC(=O)NC3=O)cncc21. The molecule has 1 aliphatic heterocycles. The maximum absolute atomic E-state index is 11.9. The lowest BCUT2D eigenvalue weighted by Crippen LogP contribution is -2.49. The number of amides is 3. The van der Waals surface area contributed by atoms with Gasteiger partial charge in [-0.05, 0) is 13.0 Å². The van der Waals surface area contributed by atoms with E-state index in [9.17, 15) is 9.59 Å². The largest absolute Gasteiger partial charge is 0.346 e. The summed E-state index contributed by atoms with van der Waals surface area (Å²) < 4.78 is 2.07. The van der Waals surface area contributed by atoms with Crippen molar-refractivity contribution in [2.45, 2.75) is 19.9 Å². The summed E-state index contributed by atoms with van der Waals surface area (Å²) in [7, 11) is 0. The number of urea groups is 1. The monoisotopic (exact) mass is 258 g/mol. The second kappa shape index (κ2) is 4.38. The third-order valence-electron chi connectivity index (χ3n) is 3.36. The van der Waals surface area contributed by atoms with Gasteiger partial charge in [-0.2, -0.15) is 0 Å². The highest BCUT2D eigenvalue weighted by atomic mass is 16.2. The molecule has 6 heteroatoms. The zero-order valence-corrected chi connectivity index (χ0v) is 10.6. The first-order valence-electron chi connectivity index (χ1n) is 6.25. The molecule has 0 saturated carbocycles. The quantitative estimate of drug-likeness (QED) is 0.887. The molecule has 1 aliphatic rings. The number of imide groups is 1. The van der Waals surface area contributed by atoms with Gasteiger partial charge in [0.15, 0.2) is 0 Å². The highest BCUT2D eigenvalue weighted by molar-refractivity contribution is 6.09. The summed E-state index contributed by atoms with van der Waals surface area (Å²) >= 11 is 0. The Bertz CT molecular complexity index is 662. The van der Waals surface area contributed by atoms with E-state index in [1.54, 1.807) is 17.3 Å². The number of aromatic nitrogens is 2. The molecular weight excluding hydrogens is 244 g/mol. The zero-order chi connectivity index (χ0) is 13.4. The summed E-state index contributed by atoms with van der Waals surface area (Å²) in [4.78, 5) is 28.8. The maximum atomic E-state index is 11.9. The lowest BCUT2D eigenvalue weighted by Gasteiger charge is -2.26. The smallest absolute Gasteiger partial charge is 0.328 e. The number of aryl methyl sites for hydroxylation is 1. The van der Waals surface area contributed by atoms with E-state index in [1.165, 1.54) is 0 Å². The van der Waals surface area contributed by atoms with E-state index < -0.39 is 0 Å². The molecule has 6 nitrogen and oxygen atoms in total. The summed E-state index contributed by atoms with van der Waals surface area (Å²) in [5.74, 6) is -0.229. The molecule has 3 amide bonds. The Kier molecular flexibility index (Phi) is 2.70. The van der Waals surface area contributed by atoms with E-state index >= 15 is 0 Å². The van der Waals surface area contributed by atoms with Crippen LogP contribution in [0.4, 0.5) is 10.5 Å². The molecule has 3 heterocycles. The minimum Gasteiger partial charge on any atom is -0.346 e. The molecule has 98 valence electrons. The van der Waals surface area contributed by atoms with Crippen LogP contribution < -0.4 is 10.2 Å². The lowest BCUT2D eigenvalue weighted by atomic mass is 10.2. The highest BCUT2D eigenvalue weighted by Gasteiger charge is 2.25. The fraction of sp³-hybridized carbons (Fsp3) is 0.308. The number of hydrogen-bond acceptors (Lipinski definition) is 3. The van der Waals surface area contributed by atoms with Gasteiger partial charge in [-0.15, -0.1) is 0 Å². The van der Waals surface area contributed by atoms with Crippen molar-refractivity contribution in [3.63, 3.8) is 0 Å². The fourth-order valence-corrected chi connectivity index (χ4v) is 2.38. The average molecular weight is 258 g/mol. The van der Waals surface area contributed by atoms with Crippen LogP contribution in [-0.4, -0.2) is 28.0 Å². The summed E-state index contributed by atoms with van der Waals surface area (Å²) in [6, 6.07) is 1.59. The zero-order valence-electron chi connectivity index (χ0n) is 10.6. The van der Waals surface area contributed by atoms with Crippen molar-refractivity contribution >= 4 is 28.5 Å². The Hall–Kier alpha value is -2.37. The van der Waals surface area contributed by atoms with Crippen molar-refractivity contribution in [2.75, 3.05) is 11.4 Å². The molecule has 0 spiro atoms. The second-order valence-electron chi connectivity index (χ2n) is 4.45. The van der Waals surface area contributed by atoms with E-state index in [4.69, 9.17) is 0 Å². The molecule has 1 fully saturated rings. The number of pyridine rings is 1. The molecule has 3 rings (SSSR count). The maximum Gasteiger partial charge on any atom is 0.328 e. The predicted molar refractivity (Wildman–Crippen MR) is 70.9 cm³/mol. The van der Waals surface area contributed by atoms with Crippen LogP contribution in [-0.2, 0) is 11.3 Å². The van der Waals surface area contributed by atoms with Crippen LogP contribution in [0.3, 0.4) is 0 Å². The van der Waals surface area contributed by atoms with Crippen LogP contribution in [0.5, 0.6) is 0 Å². The predicted octanol–water partition coefficient (Wildman–Crippen LogP) is 1.50. The first kappa shape index (κ1) is 11.7. The number of nitrogens with zero attached hydrogens (tertiary/aromatic N) is 3. The van der Waals surface area contributed by atoms with Gasteiger partial charge in [0.2, 0.25) is 5.91 Å². The van der Waals surface area contributed by atoms with E-state index in [2.05, 4.69) is 21.8 Å². The minimum atomic E-state index is -0.380. The molecule has 0 unspecified atom stereocenters. The molecule has 0 radical (unpaired) electrons. The molecule has 2 aromatic rings. The molecule has 2 aromatic heterocycles. The van der Waals surface area contributed by atoms with Crippen LogP contribution >= 0.6 is 0 Å². The van der Waals surface area contributed by atoms with Crippen LogP contribution in [0, 0.1) is 0 Å². The third-order valence-corrected chi connectivity index (χ3v) is 3.36. The molecule has 0 aromatic carbocycles. The standard InChI is InChI=1S/C13H14N4O2/c1-2-16-5-3-9-10(16)7-14-8-11(9)17-6-4-12(18)15-13(17)19/h3,5,7-8H,2,4,6H2,1H3,(H,15,18,19). The van der Waals surface area contributed by atoms with Crippen molar-refractivity contribution in [3.8, 4) is 0 Å². The number of hydrogen-bond donors (Lipinski definition) is 1. The Morgan fingerprint density at radius 2 is 2.21 bits per heavy atom. The molecule has 0 aliphatic carbocycles. The van der Waals surface area contributed by atoms with Crippen LogP contribution in [0.25, 0.3) is 10.9 Å². The van der Waals surface area contributed by atoms with Crippen molar-refractivity contribution in [2.24, 2.45) is 0 Å². The van der Waals surface area contributed by atoms with Gasteiger partial charge in [0.05, 0.1) is 23.6 Å². The van der Waals surface area contributed by atoms with E-state index in [-0.39, 0.29) is 11.9 Å². The molecule has 1 saturated heterocycles. The Morgan fingerprint density at radius 1 is 1.37 bits per heavy atom. The Balaban J connectivity index is 2.08. The van der Waals surface area contributed by atoms with Gasteiger partial charge in [-0.25, -0.2) is 4.79 Å². The van der Waals surface area contributed by atoms with Gasteiger partial charge in [-0.1, -0.05) is 0 Å². The average Bonchev–Trinajstić information content (AvgIpc) is 2.82. The molecule has 0 bridgehead atoms. The van der Waals surface area contributed by atoms with Gasteiger partial charge in [-0.3, -0.25) is 20.0 Å². The number of anilines is 1. The number of carbonyl (C=O) groups excluding carboxylic acids is 2. The second-order valence-corrected chi connectivity index (χ2v) is 4.45. The first-order chi connectivity index (χ1) is 9.20. The van der Waals surface area contributed by atoms with Crippen LogP contribution in [0.2, 0.25) is 0 Å². The van der Waals surface area contributed by atoms with Gasteiger partial charge < -0.3 is 4.57 Å². The topological polar surface area (TPSA) is 67.2 Å². The van der Waals surface area contributed by atoms with E-state index in [0.29, 0.717) is 13.0 Å². The van der Waals surface area contributed by atoms with E-state index in [1.807, 2.05) is 12.3 Å².